The topological polar surface area (TPSA) is 68.2 Å². The van der Waals surface area contributed by atoms with E-state index in [1.54, 1.807) is 16.8 Å². The summed E-state index contributed by atoms with van der Waals surface area (Å²) in [4.78, 5) is 4.26. The number of nitrogens with one attached hydrogen (secondary N) is 1. The smallest absolute Gasteiger partial charge is 0.157 e. The fraction of sp³-hybridized carbons (Fsp3) is 0.500. The normalized spacial score (nSPS) is 20.8. The van der Waals surface area contributed by atoms with Gasteiger partial charge in [-0.2, -0.15) is 9.61 Å². The zero-order chi connectivity index (χ0) is 11.7. The highest BCUT2D eigenvalue weighted by Gasteiger charge is 2.15. The van der Waals surface area contributed by atoms with Crippen molar-refractivity contribution in [2.75, 3.05) is 12.3 Å². The number of nitrogen functional groups attached to an aromatic ring is 1. The van der Waals surface area contributed by atoms with Gasteiger partial charge in [-0.15, -0.1) is 0 Å². The number of hydrogen-bond donors (Lipinski definition) is 2. The molecule has 90 valence electrons. The molecule has 0 bridgehead atoms. The highest BCUT2D eigenvalue weighted by atomic mass is 15.3. The van der Waals surface area contributed by atoms with Crippen molar-refractivity contribution in [1.82, 2.24) is 19.9 Å². The maximum atomic E-state index is 5.85. The van der Waals surface area contributed by atoms with E-state index in [1.807, 2.05) is 6.07 Å². The van der Waals surface area contributed by atoms with Crippen molar-refractivity contribution >= 4 is 11.5 Å². The molecule has 3 rings (SSSR count). The Morgan fingerprint density at radius 3 is 3.18 bits per heavy atom. The van der Waals surface area contributed by atoms with Gasteiger partial charge < -0.3 is 11.1 Å². The van der Waals surface area contributed by atoms with Crippen LogP contribution in [0.1, 0.15) is 25.0 Å². The fourth-order valence-electron chi connectivity index (χ4n) is 2.41. The van der Waals surface area contributed by atoms with E-state index < -0.39 is 0 Å². The van der Waals surface area contributed by atoms with Crippen LogP contribution in [0.25, 0.3) is 5.65 Å². The van der Waals surface area contributed by atoms with Crippen LogP contribution in [0.2, 0.25) is 0 Å². The molecule has 3 heterocycles. The first-order valence-corrected chi connectivity index (χ1v) is 6.15. The molecule has 5 nitrogen and oxygen atoms in total. The molecule has 1 atom stereocenters. The van der Waals surface area contributed by atoms with Gasteiger partial charge >= 0.3 is 0 Å². The third-order valence-corrected chi connectivity index (χ3v) is 3.31. The highest BCUT2D eigenvalue weighted by Crippen LogP contribution is 2.14. The standard InChI is InChI=1S/C12H17N5/c13-11-4-6-15-12-8-10(16-17(11)12)7-9-3-1-2-5-14-9/h4,6,8-9,14H,1-3,5,7,13H2. The molecule has 0 saturated carbocycles. The van der Waals surface area contributed by atoms with E-state index in [0.717, 1.165) is 24.3 Å². The van der Waals surface area contributed by atoms with Crippen molar-refractivity contribution in [1.29, 1.82) is 0 Å². The number of nitrogens with zero attached hydrogens (tertiary/aromatic N) is 3. The zero-order valence-electron chi connectivity index (χ0n) is 9.76. The molecule has 1 unspecified atom stereocenters. The second kappa shape index (κ2) is 4.33. The van der Waals surface area contributed by atoms with E-state index in [9.17, 15) is 0 Å². The lowest BCUT2D eigenvalue weighted by Crippen LogP contribution is -2.35. The molecule has 5 heteroatoms. The van der Waals surface area contributed by atoms with Gasteiger partial charge in [0.1, 0.15) is 5.82 Å². The number of anilines is 1. The van der Waals surface area contributed by atoms with Gasteiger partial charge in [0.15, 0.2) is 5.65 Å². The summed E-state index contributed by atoms with van der Waals surface area (Å²) in [6.45, 7) is 1.12. The molecular formula is C12H17N5. The summed E-state index contributed by atoms with van der Waals surface area (Å²) in [5, 5.41) is 8.02. The van der Waals surface area contributed by atoms with Gasteiger partial charge in [-0.05, 0) is 25.5 Å². The number of hydrogen-bond acceptors (Lipinski definition) is 4. The summed E-state index contributed by atoms with van der Waals surface area (Å²) in [6, 6.07) is 4.34. The van der Waals surface area contributed by atoms with Crippen molar-refractivity contribution in [3.8, 4) is 0 Å². The minimum absolute atomic E-state index is 0.551. The fourth-order valence-corrected chi connectivity index (χ4v) is 2.41. The number of aromatic nitrogens is 3. The maximum absolute atomic E-state index is 5.85. The van der Waals surface area contributed by atoms with Crippen molar-refractivity contribution < 1.29 is 0 Å². The third kappa shape index (κ3) is 2.10. The monoisotopic (exact) mass is 231 g/mol. The Balaban J connectivity index is 1.83. The summed E-state index contributed by atoms with van der Waals surface area (Å²) >= 11 is 0. The Bertz CT molecular complexity index is 513. The maximum Gasteiger partial charge on any atom is 0.157 e. The number of fused-ring (bicyclic) bond motifs is 1. The molecule has 1 aliphatic heterocycles. The highest BCUT2D eigenvalue weighted by molar-refractivity contribution is 5.46. The van der Waals surface area contributed by atoms with Gasteiger partial charge in [0, 0.05) is 24.7 Å². The summed E-state index contributed by atoms with van der Waals surface area (Å²) < 4.78 is 1.71. The Kier molecular flexibility index (Phi) is 2.68. The summed E-state index contributed by atoms with van der Waals surface area (Å²) in [7, 11) is 0. The lowest BCUT2D eigenvalue weighted by atomic mass is 10.0. The lowest BCUT2D eigenvalue weighted by Gasteiger charge is -2.22. The lowest BCUT2D eigenvalue weighted by molar-refractivity contribution is 0.396. The molecule has 1 saturated heterocycles. The quantitative estimate of drug-likeness (QED) is 0.809. The molecule has 0 aliphatic carbocycles. The molecule has 3 N–H and O–H groups in total. The van der Waals surface area contributed by atoms with Crippen LogP contribution in [0, 0.1) is 0 Å². The number of rotatable bonds is 2. The molecule has 2 aromatic heterocycles. The van der Waals surface area contributed by atoms with Crippen LogP contribution in [-0.2, 0) is 6.42 Å². The number of nitrogens with two attached hydrogens (primary N) is 1. The van der Waals surface area contributed by atoms with Crippen LogP contribution in [0.5, 0.6) is 0 Å². The Morgan fingerprint density at radius 2 is 2.41 bits per heavy atom. The zero-order valence-corrected chi connectivity index (χ0v) is 9.76. The molecular weight excluding hydrogens is 214 g/mol. The second-order valence-electron chi connectivity index (χ2n) is 4.63. The van der Waals surface area contributed by atoms with Crippen molar-refractivity contribution in [3.63, 3.8) is 0 Å². The molecule has 1 fully saturated rings. The summed E-state index contributed by atoms with van der Waals surface area (Å²) in [5.74, 6) is 0.637. The van der Waals surface area contributed by atoms with Crippen molar-refractivity contribution in [2.24, 2.45) is 0 Å². The van der Waals surface area contributed by atoms with Crippen LogP contribution in [-0.4, -0.2) is 27.2 Å². The van der Waals surface area contributed by atoms with Crippen molar-refractivity contribution in [2.45, 2.75) is 31.7 Å². The second-order valence-corrected chi connectivity index (χ2v) is 4.63. The molecule has 17 heavy (non-hydrogen) atoms. The van der Waals surface area contributed by atoms with Gasteiger partial charge in [0.2, 0.25) is 0 Å². The van der Waals surface area contributed by atoms with Crippen molar-refractivity contribution in [3.05, 3.63) is 24.0 Å². The van der Waals surface area contributed by atoms with Crippen LogP contribution >= 0.6 is 0 Å². The third-order valence-electron chi connectivity index (χ3n) is 3.31. The average molecular weight is 231 g/mol. The average Bonchev–Trinajstić information content (AvgIpc) is 2.74. The largest absolute Gasteiger partial charge is 0.384 e. The van der Waals surface area contributed by atoms with E-state index in [-0.39, 0.29) is 0 Å². The first kappa shape index (κ1) is 10.5. The minimum Gasteiger partial charge on any atom is -0.384 e. The summed E-state index contributed by atoms with van der Waals surface area (Å²) in [6.07, 6.45) is 6.51. The summed E-state index contributed by atoms with van der Waals surface area (Å²) in [5.41, 5.74) is 7.74. The van der Waals surface area contributed by atoms with Crippen LogP contribution in [0.15, 0.2) is 18.3 Å². The van der Waals surface area contributed by atoms with Gasteiger partial charge in [-0.25, -0.2) is 4.98 Å². The van der Waals surface area contributed by atoms with Gasteiger partial charge in [-0.3, -0.25) is 0 Å². The molecule has 0 aromatic carbocycles. The Labute approximate surface area is 100 Å². The first-order chi connectivity index (χ1) is 8.33. The van der Waals surface area contributed by atoms with E-state index in [4.69, 9.17) is 5.73 Å². The van der Waals surface area contributed by atoms with E-state index in [0.29, 0.717) is 11.9 Å². The molecule has 0 spiro atoms. The number of piperidine rings is 1. The van der Waals surface area contributed by atoms with Gasteiger partial charge in [0.25, 0.3) is 0 Å². The van der Waals surface area contributed by atoms with E-state index in [2.05, 4.69) is 15.4 Å². The van der Waals surface area contributed by atoms with Gasteiger partial charge in [-0.1, -0.05) is 6.42 Å². The molecule has 1 aliphatic rings. The SMILES string of the molecule is Nc1ccnc2cc(CC3CCCCN3)nn12. The molecule has 0 amide bonds. The van der Waals surface area contributed by atoms with Crippen LogP contribution in [0.3, 0.4) is 0 Å². The van der Waals surface area contributed by atoms with Gasteiger partial charge in [0.05, 0.1) is 5.69 Å². The van der Waals surface area contributed by atoms with E-state index >= 15 is 0 Å². The first-order valence-electron chi connectivity index (χ1n) is 6.15. The van der Waals surface area contributed by atoms with Crippen LogP contribution in [0.4, 0.5) is 5.82 Å². The molecule has 0 radical (unpaired) electrons. The minimum atomic E-state index is 0.551. The predicted octanol–water partition coefficient (Wildman–Crippen LogP) is 0.996. The Morgan fingerprint density at radius 1 is 1.47 bits per heavy atom. The predicted molar refractivity (Wildman–Crippen MR) is 66.7 cm³/mol. The Hall–Kier alpha value is -1.62. The molecule has 2 aromatic rings. The van der Waals surface area contributed by atoms with Crippen LogP contribution < -0.4 is 11.1 Å². The van der Waals surface area contributed by atoms with E-state index in [1.165, 1.54) is 19.3 Å².